The lowest BCUT2D eigenvalue weighted by atomic mass is 9.83. The molecule has 17 heavy (non-hydrogen) atoms. The highest BCUT2D eigenvalue weighted by molar-refractivity contribution is 5.73. The number of aliphatic hydroxyl groups is 3. The third-order valence-corrected chi connectivity index (χ3v) is 3.69. The Hall–Kier alpha value is -0.950. The van der Waals surface area contributed by atoms with Crippen LogP contribution in [0.4, 0.5) is 0 Å². The maximum atomic E-state index is 11.1. The summed E-state index contributed by atoms with van der Waals surface area (Å²) >= 11 is 0. The summed E-state index contributed by atoms with van der Waals surface area (Å²) < 4.78 is 0. The largest absolute Gasteiger partial charge is 0.481 e. The third-order valence-electron chi connectivity index (χ3n) is 3.69. The smallest absolute Gasteiger partial charge is 0.310 e. The van der Waals surface area contributed by atoms with Crippen molar-refractivity contribution in [3.8, 4) is 0 Å². The third kappa shape index (κ3) is 1.87. The van der Waals surface area contributed by atoms with Crippen LogP contribution in [0.1, 0.15) is 6.42 Å². The van der Waals surface area contributed by atoms with Gasteiger partial charge in [0.2, 0.25) is 0 Å². The zero-order chi connectivity index (χ0) is 12.7. The van der Waals surface area contributed by atoms with E-state index in [2.05, 4.69) is 6.58 Å². The number of aliphatic hydroxyl groups excluding tert-OH is 3. The van der Waals surface area contributed by atoms with Crippen molar-refractivity contribution in [2.24, 2.45) is 5.92 Å². The molecule has 1 aliphatic heterocycles. The quantitative estimate of drug-likeness (QED) is 0.351. The van der Waals surface area contributed by atoms with Crippen LogP contribution in [0.2, 0.25) is 0 Å². The Morgan fingerprint density at radius 1 is 1.18 bits per heavy atom. The van der Waals surface area contributed by atoms with Crippen molar-refractivity contribution in [2.75, 3.05) is 6.54 Å². The molecule has 2 rings (SSSR count). The maximum Gasteiger partial charge on any atom is 0.310 e. The average Bonchev–Trinajstić information content (AvgIpc) is 2.97. The van der Waals surface area contributed by atoms with Gasteiger partial charge in [0.25, 0.3) is 0 Å². The lowest BCUT2D eigenvalue weighted by Gasteiger charge is -2.30. The second-order valence-corrected chi connectivity index (χ2v) is 4.63. The topological polar surface area (TPSA) is 101 Å². The molecule has 0 radical (unpaired) electrons. The summed E-state index contributed by atoms with van der Waals surface area (Å²) in [6.45, 7) is 4.16. The Balaban J connectivity index is 2.14. The highest BCUT2D eigenvalue weighted by Gasteiger charge is 2.65. The van der Waals surface area contributed by atoms with Gasteiger partial charge in [-0.3, -0.25) is 9.69 Å². The maximum absolute atomic E-state index is 11.1. The number of hydrogen-bond donors (Lipinski definition) is 4. The highest BCUT2D eigenvalue weighted by Crippen LogP contribution is 2.44. The first-order chi connectivity index (χ1) is 8.00. The molecule has 6 nitrogen and oxygen atoms in total. The molecule has 2 fully saturated rings. The molecular weight excluding hydrogens is 226 g/mol. The van der Waals surface area contributed by atoms with Gasteiger partial charge in [-0.05, 0) is 6.42 Å². The molecule has 0 amide bonds. The molecule has 6 heteroatoms. The second kappa shape index (κ2) is 4.38. The van der Waals surface area contributed by atoms with Crippen LogP contribution < -0.4 is 0 Å². The van der Waals surface area contributed by atoms with E-state index in [1.165, 1.54) is 0 Å². The summed E-state index contributed by atoms with van der Waals surface area (Å²) in [5.41, 5.74) is 0. The molecule has 1 aliphatic carbocycles. The summed E-state index contributed by atoms with van der Waals surface area (Å²) in [6.07, 6.45) is -1.52. The van der Waals surface area contributed by atoms with Crippen molar-refractivity contribution in [1.82, 2.24) is 4.90 Å². The lowest BCUT2D eigenvalue weighted by Crippen LogP contribution is -2.53. The fraction of sp³-hybridized carbons (Fsp3) is 0.727. The van der Waals surface area contributed by atoms with E-state index in [0.717, 1.165) is 0 Å². The number of aliphatic carboxylic acids is 1. The number of carbonyl (C=O) groups is 1. The molecule has 96 valence electrons. The van der Waals surface area contributed by atoms with Gasteiger partial charge in [0.15, 0.2) is 0 Å². The molecule has 7 unspecified atom stereocenters. The zero-order valence-corrected chi connectivity index (χ0v) is 9.31. The average molecular weight is 243 g/mol. The van der Waals surface area contributed by atoms with Gasteiger partial charge < -0.3 is 20.4 Å². The first kappa shape index (κ1) is 12.5. The van der Waals surface area contributed by atoms with E-state index < -0.39 is 30.2 Å². The Morgan fingerprint density at radius 2 is 1.82 bits per heavy atom. The summed E-state index contributed by atoms with van der Waals surface area (Å²) in [5, 5.41) is 38.1. The van der Waals surface area contributed by atoms with E-state index in [-0.39, 0.29) is 12.1 Å². The lowest BCUT2D eigenvalue weighted by molar-refractivity contribution is -0.156. The van der Waals surface area contributed by atoms with E-state index in [1.807, 2.05) is 0 Å². The number of carboxylic acid groups (broad SMARTS) is 1. The van der Waals surface area contributed by atoms with Crippen LogP contribution >= 0.6 is 0 Å². The van der Waals surface area contributed by atoms with Gasteiger partial charge in [-0.1, -0.05) is 6.08 Å². The molecule has 2 aliphatic rings. The van der Waals surface area contributed by atoms with E-state index >= 15 is 0 Å². The van der Waals surface area contributed by atoms with E-state index in [4.69, 9.17) is 5.11 Å². The van der Waals surface area contributed by atoms with Crippen LogP contribution in [0.15, 0.2) is 12.7 Å². The Bertz CT molecular complexity index is 334. The molecular formula is C11H17NO5. The van der Waals surface area contributed by atoms with Crippen molar-refractivity contribution in [3.63, 3.8) is 0 Å². The minimum atomic E-state index is -1.42. The van der Waals surface area contributed by atoms with Crippen molar-refractivity contribution in [3.05, 3.63) is 12.7 Å². The molecule has 0 bridgehead atoms. The Morgan fingerprint density at radius 3 is 2.35 bits per heavy atom. The van der Waals surface area contributed by atoms with Crippen molar-refractivity contribution >= 4 is 5.97 Å². The predicted octanol–water partition coefficient (Wildman–Crippen LogP) is -1.59. The van der Waals surface area contributed by atoms with E-state index in [9.17, 15) is 20.1 Å². The monoisotopic (exact) mass is 243 g/mol. The number of likely N-dealkylation sites (tertiary alicyclic amines) is 1. The van der Waals surface area contributed by atoms with Crippen molar-refractivity contribution in [2.45, 2.75) is 36.8 Å². The van der Waals surface area contributed by atoms with Gasteiger partial charge in [0.05, 0.1) is 18.2 Å². The van der Waals surface area contributed by atoms with Gasteiger partial charge in [0, 0.05) is 12.6 Å². The van der Waals surface area contributed by atoms with Gasteiger partial charge in [0.1, 0.15) is 12.0 Å². The summed E-state index contributed by atoms with van der Waals surface area (Å²) in [5.74, 6) is -2.18. The minimum absolute atomic E-state index is 0.366. The summed E-state index contributed by atoms with van der Waals surface area (Å²) in [4.78, 5) is 12.9. The number of carboxylic acids is 1. The number of fused-ring (bicyclic) bond motifs is 1. The van der Waals surface area contributed by atoms with Crippen LogP contribution in [0.25, 0.3) is 0 Å². The summed E-state index contributed by atoms with van der Waals surface area (Å²) in [6, 6.07) is -0.754. The fourth-order valence-corrected chi connectivity index (χ4v) is 2.78. The Labute approximate surface area is 98.8 Å². The minimum Gasteiger partial charge on any atom is -0.481 e. The predicted molar refractivity (Wildman–Crippen MR) is 58.2 cm³/mol. The van der Waals surface area contributed by atoms with Gasteiger partial charge in [-0.2, -0.15) is 0 Å². The molecule has 4 N–H and O–H groups in total. The van der Waals surface area contributed by atoms with E-state index in [1.54, 1.807) is 11.0 Å². The van der Waals surface area contributed by atoms with Gasteiger partial charge >= 0.3 is 5.97 Å². The van der Waals surface area contributed by atoms with Crippen LogP contribution in [-0.2, 0) is 4.79 Å². The molecule has 1 heterocycles. The molecule has 0 aromatic heterocycles. The second-order valence-electron chi connectivity index (χ2n) is 4.63. The molecule has 1 saturated carbocycles. The molecule has 1 saturated heterocycles. The van der Waals surface area contributed by atoms with Crippen molar-refractivity contribution < 1.29 is 25.2 Å². The molecule has 0 aromatic rings. The van der Waals surface area contributed by atoms with Crippen LogP contribution in [0.5, 0.6) is 0 Å². The fourth-order valence-electron chi connectivity index (χ4n) is 2.78. The van der Waals surface area contributed by atoms with E-state index in [0.29, 0.717) is 13.0 Å². The van der Waals surface area contributed by atoms with Crippen LogP contribution in [0, 0.1) is 5.92 Å². The van der Waals surface area contributed by atoms with Gasteiger partial charge in [-0.15, -0.1) is 6.58 Å². The Kier molecular flexibility index (Phi) is 3.22. The van der Waals surface area contributed by atoms with Crippen molar-refractivity contribution in [1.29, 1.82) is 0 Å². The molecule has 7 atom stereocenters. The van der Waals surface area contributed by atoms with Crippen LogP contribution in [-0.4, -0.2) is 68.2 Å². The molecule has 0 aromatic carbocycles. The highest BCUT2D eigenvalue weighted by atomic mass is 16.4. The first-order valence-corrected chi connectivity index (χ1v) is 5.64. The van der Waals surface area contributed by atoms with Gasteiger partial charge in [-0.25, -0.2) is 0 Å². The number of nitrogens with zero attached hydrogens (tertiary/aromatic N) is 1. The SMILES string of the molecule is C=CCCN1C2C(O)C(O)C(O)C(C(=O)O)C21. The summed E-state index contributed by atoms with van der Waals surface area (Å²) in [7, 11) is 0. The standard InChI is InChI=1S/C11H17NO5/c1-2-3-4-12-6-5(11(16)17)8(13)10(15)9(14)7(6)12/h2,5-10,13-15H,1,3-4H2,(H,16,17). The number of hydrogen-bond acceptors (Lipinski definition) is 5. The number of rotatable bonds is 4. The molecule has 0 spiro atoms. The van der Waals surface area contributed by atoms with Crippen LogP contribution in [0.3, 0.4) is 0 Å². The zero-order valence-electron chi connectivity index (χ0n) is 9.31. The normalized spacial score (nSPS) is 48.3. The first-order valence-electron chi connectivity index (χ1n) is 5.64.